The van der Waals surface area contributed by atoms with E-state index in [2.05, 4.69) is 42.4 Å². The summed E-state index contributed by atoms with van der Waals surface area (Å²) in [4.78, 5) is 3.89. The highest BCUT2D eigenvalue weighted by molar-refractivity contribution is 9.10. The van der Waals surface area contributed by atoms with Gasteiger partial charge in [0.25, 0.3) is 0 Å². The molecule has 154 valence electrons. The molecule has 0 spiro atoms. The fourth-order valence-electron chi connectivity index (χ4n) is 4.20. The second-order valence-electron chi connectivity index (χ2n) is 7.43. The third-order valence-electron chi connectivity index (χ3n) is 5.70. The first-order valence-corrected chi connectivity index (χ1v) is 12.0. The number of nitrogens with zero attached hydrogens (tertiary/aromatic N) is 4. The Morgan fingerprint density at radius 1 is 1.33 bits per heavy atom. The molecule has 1 atom stereocenters. The summed E-state index contributed by atoms with van der Waals surface area (Å²) in [5, 5.41) is 19.9. The van der Waals surface area contributed by atoms with Crippen molar-refractivity contribution in [1.29, 1.82) is 5.26 Å². The summed E-state index contributed by atoms with van der Waals surface area (Å²) in [7, 11) is -3.22. The number of aromatic nitrogens is 2. The van der Waals surface area contributed by atoms with E-state index in [4.69, 9.17) is 6.57 Å². The number of piperidine rings is 1. The van der Waals surface area contributed by atoms with Crippen LogP contribution >= 0.6 is 15.9 Å². The topological polar surface area (TPSA) is 106 Å². The molecule has 0 aliphatic carbocycles. The van der Waals surface area contributed by atoms with Gasteiger partial charge in [-0.1, -0.05) is 12.1 Å². The summed E-state index contributed by atoms with van der Waals surface area (Å²) in [6.45, 7) is 8.79. The molecule has 8 nitrogen and oxygen atoms in total. The third kappa shape index (κ3) is 3.52. The zero-order chi connectivity index (χ0) is 21.5. The van der Waals surface area contributed by atoms with Crippen LogP contribution in [0.4, 0.5) is 5.82 Å². The normalized spacial score (nSPS) is 20.2. The highest BCUT2D eigenvalue weighted by atomic mass is 79.9. The minimum absolute atomic E-state index is 0.0315. The maximum Gasteiger partial charge on any atom is 0.211 e. The molecule has 1 aromatic carbocycles. The van der Waals surface area contributed by atoms with Crippen molar-refractivity contribution in [2.24, 2.45) is 5.92 Å². The molecule has 10 heteroatoms. The van der Waals surface area contributed by atoms with Gasteiger partial charge in [-0.05, 0) is 46.3 Å². The maximum atomic E-state index is 11.9. The first-order chi connectivity index (χ1) is 14.3. The van der Waals surface area contributed by atoms with E-state index in [1.165, 1.54) is 10.6 Å². The number of aromatic amines is 1. The van der Waals surface area contributed by atoms with Crippen molar-refractivity contribution in [2.75, 3.05) is 24.7 Å². The number of fused-ring (bicyclic) bond motifs is 1. The van der Waals surface area contributed by atoms with Gasteiger partial charge >= 0.3 is 0 Å². The number of hydrogen-bond acceptors (Lipinski definition) is 5. The minimum atomic E-state index is -3.22. The van der Waals surface area contributed by atoms with Crippen LogP contribution in [0.1, 0.15) is 35.4 Å². The van der Waals surface area contributed by atoms with E-state index in [1.807, 2.05) is 12.1 Å². The summed E-state index contributed by atoms with van der Waals surface area (Å²) in [5.41, 5.74) is 3.53. The third-order valence-corrected chi connectivity index (χ3v) is 7.89. The number of rotatable bonds is 3. The predicted octanol–water partition coefficient (Wildman–Crippen LogP) is 3.40. The van der Waals surface area contributed by atoms with Crippen molar-refractivity contribution in [3.63, 3.8) is 0 Å². The first kappa shape index (κ1) is 20.6. The smallest absolute Gasteiger partial charge is 0.211 e. The highest BCUT2D eigenvalue weighted by Gasteiger charge is 2.37. The van der Waals surface area contributed by atoms with E-state index in [9.17, 15) is 13.7 Å². The first-order valence-electron chi connectivity index (χ1n) is 9.40. The number of sulfonamides is 1. The van der Waals surface area contributed by atoms with E-state index in [0.29, 0.717) is 41.7 Å². The van der Waals surface area contributed by atoms with Gasteiger partial charge in [-0.2, -0.15) is 10.4 Å². The number of hydrogen-bond donors (Lipinski definition) is 2. The number of nitriles is 1. The number of allylic oxidation sites excluding steroid dienone is 2. The fraction of sp³-hybridized carbons (Fsp3) is 0.350. The lowest BCUT2D eigenvalue weighted by Crippen LogP contribution is -2.39. The van der Waals surface area contributed by atoms with E-state index >= 15 is 0 Å². The van der Waals surface area contributed by atoms with E-state index in [-0.39, 0.29) is 11.8 Å². The highest BCUT2D eigenvalue weighted by Crippen LogP contribution is 2.46. The second-order valence-corrected chi connectivity index (χ2v) is 10.2. The predicted molar refractivity (Wildman–Crippen MR) is 116 cm³/mol. The van der Waals surface area contributed by atoms with Crippen LogP contribution in [0.5, 0.6) is 0 Å². The Hall–Kier alpha value is -2.66. The van der Waals surface area contributed by atoms with Crippen molar-refractivity contribution in [1.82, 2.24) is 14.5 Å². The fourth-order valence-corrected chi connectivity index (χ4v) is 5.66. The summed E-state index contributed by atoms with van der Waals surface area (Å²) < 4.78 is 25.9. The Labute approximate surface area is 183 Å². The van der Waals surface area contributed by atoms with Crippen LogP contribution in [0.25, 0.3) is 4.85 Å². The van der Waals surface area contributed by atoms with Crippen LogP contribution in [0.3, 0.4) is 0 Å². The van der Waals surface area contributed by atoms with Gasteiger partial charge in [0.05, 0.1) is 30.5 Å². The van der Waals surface area contributed by atoms with Gasteiger partial charge in [0.15, 0.2) is 5.70 Å². The molecule has 1 fully saturated rings. The summed E-state index contributed by atoms with van der Waals surface area (Å²) in [6, 6.07) is 7.63. The van der Waals surface area contributed by atoms with Crippen molar-refractivity contribution >= 4 is 31.8 Å². The maximum absolute atomic E-state index is 11.9. The Morgan fingerprint density at radius 3 is 2.70 bits per heavy atom. The van der Waals surface area contributed by atoms with E-state index in [0.717, 1.165) is 22.6 Å². The van der Waals surface area contributed by atoms with Gasteiger partial charge in [-0.25, -0.2) is 17.6 Å². The van der Waals surface area contributed by atoms with Gasteiger partial charge in [0.2, 0.25) is 10.0 Å². The zero-order valence-corrected chi connectivity index (χ0v) is 18.6. The second kappa shape index (κ2) is 7.88. The van der Waals surface area contributed by atoms with Gasteiger partial charge in [0, 0.05) is 28.8 Å². The van der Waals surface area contributed by atoms with Crippen molar-refractivity contribution in [3.05, 3.63) is 68.4 Å². The monoisotopic (exact) mass is 486 g/mol. The molecule has 2 aromatic rings. The van der Waals surface area contributed by atoms with Crippen molar-refractivity contribution in [3.8, 4) is 6.07 Å². The lowest BCUT2D eigenvalue weighted by Gasteiger charge is -2.35. The van der Waals surface area contributed by atoms with Crippen LogP contribution in [0, 0.1) is 23.8 Å². The molecule has 1 aromatic heterocycles. The lowest BCUT2D eigenvalue weighted by molar-refractivity contribution is 0.299. The molecule has 0 bridgehead atoms. The molecular weight excluding hydrogens is 468 g/mol. The molecule has 2 aliphatic heterocycles. The van der Waals surface area contributed by atoms with Crippen LogP contribution in [-0.2, 0) is 10.0 Å². The van der Waals surface area contributed by atoms with Gasteiger partial charge in [-0.3, -0.25) is 5.10 Å². The minimum Gasteiger partial charge on any atom is -0.354 e. The van der Waals surface area contributed by atoms with Gasteiger partial charge in [-0.15, -0.1) is 0 Å². The number of nitrogens with one attached hydrogen (secondary N) is 2. The number of benzene rings is 1. The van der Waals surface area contributed by atoms with E-state index in [1.54, 1.807) is 12.3 Å². The molecule has 30 heavy (non-hydrogen) atoms. The van der Waals surface area contributed by atoms with Crippen molar-refractivity contribution < 1.29 is 8.42 Å². The Balaban J connectivity index is 1.78. The van der Waals surface area contributed by atoms with Gasteiger partial charge < -0.3 is 5.32 Å². The molecule has 2 aliphatic rings. The standard InChI is InChI=1S/C20H19BrN6O2S/c1-23-19-16(14-5-3-4-13(10-22)17(14)21)15-11-24-26-20(15)25-18(19)12-6-8-27(9-7-12)30(2,28)29/h3-5,11-12,16H,6-9H2,2H3,(H2,24,25,26). The molecule has 4 rings (SSSR count). The number of H-pyrrole nitrogens is 1. The molecule has 0 radical (unpaired) electrons. The Bertz CT molecular complexity index is 1210. The Morgan fingerprint density at radius 2 is 2.07 bits per heavy atom. The van der Waals surface area contributed by atoms with Crippen LogP contribution in [0.15, 0.2) is 40.3 Å². The molecule has 3 heterocycles. The van der Waals surface area contributed by atoms with Gasteiger partial charge in [0.1, 0.15) is 11.9 Å². The molecule has 0 saturated carbocycles. The quantitative estimate of drug-likeness (QED) is 0.646. The lowest BCUT2D eigenvalue weighted by atomic mass is 9.82. The molecule has 1 unspecified atom stereocenters. The molecule has 0 amide bonds. The Kier molecular flexibility index (Phi) is 5.41. The summed E-state index contributed by atoms with van der Waals surface area (Å²) >= 11 is 3.55. The van der Waals surface area contributed by atoms with Crippen LogP contribution < -0.4 is 5.32 Å². The SMILES string of the molecule is [C-]#[N+]C1=C(C2CCN(S(C)(=O)=O)CC2)Nc2[nH]ncc2C1c1cccc(C#N)c1Br. The van der Waals surface area contributed by atoms with Crippen LogP contribution in [-0.4, -0.2) is 42.3 Å². The average Bonchev–Trinajstić information content (AvgIpc) is 3.20. The summed E-state index contributed by atoms with van der Waals surface area (Å²) in [6.07, 6.45) is 4.18. The zero-order valence-electron chi connectivity index (χ0n) is 16.2. The molecule has 2 N–H and O–H groups in total. The van der Waals surface area contributed by atoms with Crippen LogP contribution in [0.2, 0.25) is 0 Å². The average molecular weight is 487 g/mol. The largest absolute Gasteiger partial charge is 0.354 e. The number of anilines is 1. The molecular formula is C20H19BrN6O2S. The van der Waals surface area contributed by atoms with Crippen molar-refractivity contribution in [2.45, 2.75) is 18.8 Å². The summed E-state index contributed by atoms with van der Waals surface area (Å²) in [5.74, 6) is 0.384. The molecule has 1 saturated heterocycles. The van der Waals surface area contributed by atoms with E-state index < -0.39 is 10.0 Å². The number of halogens is 1.